The largest absolute Gasteiger partial charge is 0.481 e. The van der Waals surface area contributed by atoms with E-state index in [2.05, 4.69) is 24.1 Å². The first-order valence-corrected chi connectivity index (χ1v) is 55.6. The molecule has 3 aliphatic rings. The number of thioether (sulfide) groups is 1. The summed E-state index contributed by atoms with van der Waals surface area (Å²) in [4.78, 5) is 136. The van der Waals surface area contributed by atoms with Crippen LogP contribution < -0.4 is 0 Å². The van der Waals surface area contributed by atoms with Crippen molar-refractivity contribution >= 4 is 127 Å². The minimum absolute atomic E-state index is 0. The number of β-amino-alcohol motifs (C(OH)–C–C–N with tert-alkyl or cyclic N) is 1. The van der Waals surface area contributed by atoms with Gasteiger partial charge in [-0.3, -0.25) is 23.2 Å². The molecule has 4 atom stereocenters. The van der Waals surface area contributed by atoms with Gasteiger partial charge in [-0.05, 0) is 187 Å². The smallest absolute Gasteiger partial charge is 0.335 e. The van der Waals surface area contributed by atoms with Crippen LogP contribution in [0, 0.1) is 60.2 Å². The van der Waals surface area contributed by atoms with E-state index in [4.69, 9.17) is 60.5 Å². The van der Waals surface area contributed by atoms with Crippen molar-refractivity contribution in [1.82, 2.24) is 9.80 Å². The van der Waals surface area contributed by atoms with Gasteiger partial charge in [0.05, 0.1) is 55.5 Å². The summed E-state index contributed by atoms with van der Waals surface area (Å²) in [6, 6.07) is 26.6. The van der Waals surface area contributed by atoms with E-state index in [1.165, 1.54) is 45.5 Å². The number of aromatic carboxylic acids is 3. The molecule has 2 fully saturated rings. The van der Waals surface area contributed by atoms with Crippen molar-refractivity contribution in [2.75, 3.05) is 55.3 Å². The molecule has 4 aromatic rings. The number of aliphatic hydroxyl groups excluding tert-OH is 1. The molecule has 4 aromatic carbocycles. The highest BCUT2D eigenvalue weighted by Gasteiger charge is 2.38. The maximum atomic E-state index is 11.8. The van der Waals surface area contributed by atoms with Crippen LogP contribution >= 0.6 is 19.4 Å². The second-order valence-electron chi connectivity index (χ2n) is 38.2. The van der Waals surface area contributed by atoms with Crippen molar-refractivity contribution in [2.45, 2.75) is 284 Å². The fraction of sp³-hybridized carbons (Fsp3) is 0.571. The molecule has 0 radical (unpaired) electrons. The van der Waals surface area contributed by atoms with E-state index in [0.29, 0.717) is 125 Å². The zero-order valence-electron chi connectivity index (χ0n) is 90.1. The maximum Gasteiger partial charge on any atom is 0.335 e. The first-order chi connectivity index (χ1) is 66.2. The number of aliphatic hydroxyl groups is 1. The lowest BCUT2D eigenvalue weighted by molar-refractivity contribution is -0.146. The number of carbonyl (C=O) groups excluding carboxylic acids is 2. The van der Waals surface area contributed by atoms with Crippen LogP contribution in [0.2, 0.25) is 0 Å². The van der Waals surface area contributed by atoms with Gasteiger partial charge in [0.1, 0.15) is 33.6 Å². The Labute approximate surface area is 868 Å². The third-order valence-corrected chi connectivity index (χ3v) is 25.6. The Bertz CT molecular complexity index is 4890. The van der Waals surface area contributed by atoms with Crippen LogP contribution in [0.4, 0.5) is 0 Å². The zero-order valence-corrected chi connectivity index (χ0v) is 94.2. The van der Waals surface area contributed by atoms with Gasteiger partial charge in [0.2, 0.25) is 11.8 Å². The van der Waals surface area contributed by atoms with Crippen molar-refractivity contribution in [3.63, 3.8) is 0 Å². The van der Waals surface area contributed by atoms with Crippen LogP contribution in [-0.2, 0) is 78.1 Å². The fourth-order valence-electron chi connectivity index (χ4n) is 10.7. The number of aryl methyl sites for hydroxylation is 1. The van der Waals surface area contributed by atoms with Gasteiger partial charge in [-0.15, -0.1) is 16.9 Å². The minimum atomic E-state index is -3.76. The number of allylic oxidation sites excluding steroid dienone is 4. The van der Waals surface area contributed by atoms with Gasteiger partial charge in [0.25, 0.3) is 0 Å². The van der Waals surface area contributed by atoms with Crippen LogP contribution in [0.15, 0.2) is 161 Å². The first-order valence-electron chi connectivity index (χ1n) is 47.8. The summed E-state index contributed by atoms with van der Waals surface area (Å²) in [6.45, 7) is 54.7. The van der Waals surface area contributed by atoms with Crippen LogP contribution in [0.3, 0.4) is 0 Å². The molecule has 14 N–H and O–H groups in total. The van der Waals surface area contributed by atoms with E-state index in [-0.39, 0.29) is 65.2 Å². The van der Waals surface area contributed by atoms with Gasteiger partial charge >= 0.3 is 61.3 Å². The standard InChI is InChI=1S/C12H18O2S.C11H17NO4.C11H17NO3.3C10H12O2.C7H12N2OS.C6H12O3.C6H14O2S.C6H12O2.2C6H10O2.C4H11O3PS.H2O/c1-10(2)8-9-15(13,14)12-6-4-11(3)5-7-12;1-7(2)3-4-10(14)12-6-8(13)5-9(12)11(15)16;1-8(2)5-6-10(13)12-7-3-4-9(12)11(14)15;1-7(2)8-3-5-9(6-4-8)10(11)12;1-7(2)8-4-3-5-9(6-8)10(11)12;1-7(2)8-5-3-4-6-9(8)10(11)12;1-6(2)5-11(10)7-3-4-8-9-7;1-5(2)3-9-4-6(7)8;1-6(2)4-5-9(3,7)8;3*1-5(2)3-4-6(7)8;1-4(2)9-3-8(5,6)7;/h4-7,10H,8-9H2,1-3H3;3-4,7-9,13H,5-6H2,1-2H3,(H,15,16);5-6,8-9H,3-4,7H2,1-2H3,(H,14,15);3*3-7H,1-2H3,(H,11,12);4,6H,3,5H2,1-2H3;5H,3-4H2,1-2H3,(H,7,8);6H,4-5H2,1-3H3;5H,3-4H2,1-2H3,(H,7,8);2*3-5H,1-2H3,(H,7,8);4H,3H2,1-2H3,(H2,5,6,7);1H2/b;4-3+;6-5+;;;;;;;;4-3+;4-3-;;/t;8-,9?;9-;;;;;;;;;;;/m.10.........../s1. The topological polar surface area (TPSA) is 605 Å². The number of hydrogen-bond acceptors (Lipinski definition) is 22. The molecular formula is C105H171N4O31PS4. The minimum Gasteiger partial charge on any atom is -0.481 e. The van der Waals surface area contributed by atoms with E-state index in [1.807, 2.05) is 216 Å². The number of carbonyl (C=O) groups is 11. The third-order valence-electron chi connectivity index (χ3n) is 18.5. The molecule has 3 heterocycles. The number of sulfone groups is 2. The van der Waals surface area contributed by atoms with Crippen LogP contribution in [0.25, 0.3) is 0 Å². The molecule has 145 heavy (non-hydrogen) atoms. The van der Waals surface area contributed by atoms with Crippen molar-refractivity contribution in [1.29, 1.82) is 0 Å². The van der Waals surface area contributed by atoms with Gasteiger partial charge in [0.15, 0.2) is 9.84 Å². The molecule has 35 nitrogen and oxygen atoms in total. The fourth-order valence-corrected chi connectivity index (χ4v) is 16.3. The molecule has 2 amide bonds. The highest BCUT2D eigenvalue weighted by molar-refractivity contribution is 8.04. The number of carboxylic acid groups (broad SMARTS) is 9. The molecule has 2 unspecified atom stereocenters. The number of amides is 2. The number of likely N-dealkylation sites (tertiary alicyclic amines) is 2. The summed E-state index contributed by atoms with van der Waals surface area (Å²) in [5.74, 6) is -2.62. The molecule has 3 aliphatic heterocycles. The second kappa shape index (κ2) is 81.8. The van der Waals surface area contributed by atoms with E-state index in [1.54, 1.807) is 85.1 Å². The van der Waals surface area contributed by atoms with E-state index < -0.39 is 110 Å². The molecule has 826 valence electrons. The Morgan fingerprint density at radius 3 is 1.30 bits per heavy atom. The Kier molecular flexibility index (Phi) is 83.4. The molecule has 0 bridgehead atoms. The number of benzene rings is 4. The average molecular weight is 2140 g/mol. The summed E-state index contributed by atoms with van der Waals surface area (Å²) in [7, 11) is -10.4. The first kappa shape index (κ1) is 148. The predicted molar refractivity (Wildman–Crippen MR) is 578 cm³/mol. The summed E-state index contributed by atoms with van der Waals surface area (Å²) in [5.41, 5.74) is 5.26. The summed E-state index contributed by atoms with van der Waals surface area (Å²) >= 11 is 1.28. The molecular weight excluding hydrogens is 1970 g/mol. The molecule has 2 saturated heterocycles. The lowest BCUT2D eigenvalue weighted by Gasteiger charge is -2.19. The van der Waals surface area contributed by atoms with Crippen molar-refractivity contribution < 1.29 is 149 Å². The molecule has 0 aromatic heterocycles. The predicted octanol–water partition coefficient (Wildman–Crippen LogP) is 19.4. The van der Waals surface area contributed by atoms with Crippen molar-refractivity contribution in [2.24, 2.45) is 63.5 Å². The lowest BCUT2D eigenvalue weighted by Crippen LogP contribution is -2.39. The SMILES string of the molecule is CC(C)/C=C/C(=O)N1CCC[C@H]1C(=O)O.CC(C)/C=C/C(=O)N1C[C@H](O)CC1C(=O)O.CC(C)/C=C/C(=O)O.CC(C)/C=C\C(=O)O.CC(C)CCC(=O)O.CC(C)CCS(C)(=O)=O.CC(C)COCC(=O)O.CC(C)CS(=O)C1=NN=CC1.CC(C)SCP(=O)(O)O.CC(C)c1ccc(C(=O)O)cc1.CC(C)c1cccc(C(=O)O)c1.CC(C)c1ccccc1C(=O)O.Cc1ccc(S(=O)(=O)CCC(C)C)cc1.O. The monoisotopic (exact) mass is 2140 g/mol. The average Bonchev–Trinajstić information content (AvgIpc) is 1.77. The highest BCUT2D eigenvalue weighted by Crippen LogP contribution is 2.40. The molecule has 0 saturated carbocycles. The lowest BCUT2D eigenvalue weighted by atomic mass is 9.97. The van der Waals surface area contributed by atoms with Gasteiger partial charge in [0, 0.05) is 69.3 Å². The Morgan fingerprint density at radius 2 is 0.972 bits per heavy atom. The number of rotatable bonds is 35. The van der Waals surface area contributed by atoms with Crippen molar-refractivity contribution in [3.05, 3.63) is 185 Å². The quantitative estimate of drug-likeness (QED) is 0.0150. The van der Waals surface area contributed by atoms with Gasteiger partial charge < -0.3 is 80.9 Å². The Hall–Kier alpha value is -10.2. The number of ether oxygens (including phenoxy) is 1. The van der Waals surface area contributed by atoms with Gasteiger partial charge in [-0.2, -0.15) is 5.10 Å². The maximum absolute atomic E-state index is 11.8. The van der Waals surface area contributed by atoms with E-state index >= 15 is 0 Å². The normalized spacial score (nSPS) is 14.2. The van der Waals surface area contributed by atoms with Gasteiger partial charge in [-0.25, -0.2) is 55.2 Å². The molecule has 0 spiro atoms. The van der Waals surface area contributed by atoms with Crippen LogP contribution in [0.5, 0.6) is 0 Å². The highest BCUT2D eigenvalue weighted by atomic mass is 32.2. The molecule has 40 heteroatoms. The Morgan fingerprint density at radius 1 is 0.517 bits per heavy atom. The molecule has 0 aliphatic carbocycles. The number of nitrogens with zero attached hydrogens (tertiary/aromatic N) is 4. The van der Waals surface area contributed by atoms with E-state index in [9.17, 15) is 83.5 Å². The van der Waals surface area contributed by atoms with Crippen LogP contribution in [0.1, 0.15) is 302 Å². The van der Waals surface area contributed by atoms with Crippen molar-refractivity contribution in [3.8, 4) is 0 Å². The number of hydrogen-bond donors (Lipinski definition) is 12. The van der Waals surface area contributed by atoms with E-state index in [0.717, 1.165) is 59.6 Å². The van der Waals surface area contributed by atoms with Gasteiger partial charge in [-0.1, -0.05) is 264 Å². The molecule has 7 rings (SSSR count). The number of carboxylic acids is 9. The Balaban J connectivity index is -0.000000286. The summed E-state index contributed by atoms with van der Waals surface area (Å²) < 4.78 is 71.1. The summed E-state index contributed by atoms with van der Waals surface area (Å²) in [6.07, 6.45) is 18.9. The third kappa shape index (κ3) is 87.7. The second-order valence-corrected chi connectivity index (χ2v) is 47.7. The summed E-state index contributed by atoms with van der Waals surface area (Å²) in [5, 5.41) is 94.1. The number of aliphatic carboxylic acids is 6. The zero-order chi connectivity index (χ0) is 113. The van der Waals surface area contributed by atoms with Crippen LogP contribution in [-0.4, -0.2) is 253 Å².